The third-order valence-electron chi connectivity index (χ3n) is 3.81. The summed E-state index contributed by atoms with van der Waals surface area (Å²) in [5, 5.41) is 2.84. The molecule has 0 radical (unpaired) electrons. The molecule has 0 aliphatic carbocycles. The molecule has 0 fully saturated rings. The monoisotopic (exact) mass is 312 g/mol. The number of benzene rings is 1. The van der Waals surface area contributed by atoms with E-state index in [-0.39, 0.29) is 5.91 Å². The highest BCUT2D eigenvalue weighted by Crippen LogP contribution is 2.31. The number of methoxy groups -OCH3 is 1. The molecule has 3 rings (SSSR count). The Balaban J connectivity index is 1.72. The number of aromatic nitrogens is 2. The number of hydrogen-bond acceptors (Lipinski definition) is 5. The number of carbonyl (C=O) groups is 1. The van der Waals surface area contributed by atoms with Crippen LogP contribution in [0.3, 0.4) is 0 Å². The van der Waals surface area contributed by atoms with E-state index in [1.807, 2.05) is 12.1 Å². The highest BCUT2D eigenvalue weighted by atomic mass is 16.5. The molecule has 0 saturated heterocycles. The van der Waals surface area contributed by atoms with Crippen LogP contribution < -0.4 is 10.2 Å². The smallest absolute Gasteiger partial charge is 0.270 e. The van der Waals surface area contributed by atoms with Crippen molar-refractivity contribution >= 4 is 17.5 Å². The van der Waals surface area contributed by atoms with E-state index in [4.69, 9.17) is 4.74 Å². The second-order valence-electron chi connectivity index (χ2n) is 5.37. The zero-order chi connectivity index (χ0) is 16.1. The Bertz CT molecular complexity index is 690. The molecule has 1 aliphatic rings. The van der Waals surface area contributed by atoms with Crippen molar-refractivity contribution in [3.8, 4) is 0 Å². The normalized spacial score (nSPS) is 13.0. The topological polar surface area (TPSA) is 67.3 Å². The fourth-order valence-corrected chi connectivity index (χ4v) is 2.66. The van der Waals surface area contributed by atoms with Crippen LogP contribution in [0.15, 0.2) is 36.5 Å². The number of nitrogens with one attached hydrogen (secondary N) is 1. The molecule has 0 atom stereocenters. The van der Waals surface area contributed by atoms with Crippen molar-refractivity contribution in [2.75, 3.05) is 31.7 Å². The van der Waals surface area contributed by atoms with Crippen molar-refractivity contribution in [3.63, 3.8) is 0 Å². The average Bonchev–Trinajstić information content (AvgIpc) is 3.03. The van der Waals surface area contributed by atoms with Crippen LogP contribution in [0.4, 0.5) is 11.6 Å². The highest BCUT2D eigenvalue weighted by molar-refractivity contribution is 5.92. The summed E-state index contributed by atoms with van der Waals surface area (Å²) in [6, 6.07) is 9.85. The summed E-state index contributed by atoms with van der Waals surface area (Å²) in [5.74, 6) is 0.386. The van der Waals surface area contributed by atoms with E-state index >= 15 is 0 Å². The molecule has 6 heteroatoms. The van der Waals surface area contributed by atoms with Crippen LogP contribution in [0.5, 0.6) is 0 Å². The van der Waals surface area contributed by atoms with Crippen LogP contribution in [0, 0.1) is 0 Å². The number of fused-ring (bicyclic) bond motifs is 1. The molecule has 23 heavy (non-hydrogen) atoms. The van der Waals surface area contributed by atoms with Crippen molar-refractivity contribution in [2.24, 2.45) is 0 Å². The fraction of sp³-hybridized carbons (Fsp3) is 0.353. The van der Waals surface area contributed by atoms with Gasteiger partial charge in [0.25, 0.3) is 5.91 Å². The predicted octanol–water partition coefficient (Wildman–Crippen LogP) is 1.94. The van der Waals surface area contributed by atoms with Gasteiger partial charge >= 0.3 is 0 Å². The number of carbonyl (C=O) groups excluding carboxylic acids is 1. The van der Waals surface area contributed by atoms with Gasteiger partial charge in [0.1, 0.15) is 5.69 Å². The molecule has 0 spiro atoms. The summed E-state index contributed by atoms with van der Waals surface area (Å²) in [4.78, 5) is 23.0. The molecular weight excluding hydrogens is 292 g/mol. The molecule has 1 amide bonds. The lowest BCUT2D eigenvalue weighted by Crippen LogP contribution is -2.27. The zero-order valence-electron chi connectivity index (χ0n) is 13.2. The Morgan fingerprint density at radius 2 is 2.22 bits per heavy atom. The Kier molecular flexibility index (Phi) is 4.83. The van der Waals surface area contributed by atoms with Crippen molar-refractivity contribution in [3.05, 3.63) is 47.8 Å². The van der Waals surface area contributed by atoms with Crippen LogP contribution in [-0.2, 0) is 11.2 Å². The lowest BCUT2D eigenvalue weighted by Gasteiger charge is -2.17. The number of rotatable bonds is 6. The first-order chi connectivity index (χ1) is 11.3. The Morgan fingerprint density at radius 3 is 3.09 bits per heavy atom. The first-order valence-electron chi connectivity index (χ1n) is 7.75. The molecule has 2 heterocycles. The first-order valence-corrected chi connectivity index (χ1v) is 7.75. The van der Waals surface area contributed by atoms with E-state index in [2.05, 4.69) is 32.3 Å². The molecule has 1 aromatic heterocycles. The van der Waals surface area contributed by atoms with Gasteiger partial charge in [-0.15, -0.1) is 0 Å². The number of ether oxygens (including phenoxy) is 1. The summed E-state index contributed by atoms with van der Waals surface area (Å²) in [6.45, 7) is 2.02. The molecule has 0 saturated carbocycles. The third kappa shape index (κ3) is 3.48. The van der Waals surface area contributed by atoms with Gasteiger partial charge in [-0.3, -0.25) is 4.79 Å². The Morgan fingerprint density at radius 1 is 1.35 bits per heavy atom. The van der Waals surface area contributed by atoms with Gasteiger partial charge in [-0.25, -0.2) is 9.97 Å². The van der Waals surface area contributed by atoms with E-state index in [0.29, 0.717) is 24.8 Å². The summed E-state index contributed by atoms with van der Waals surface area (Å²) in [7, 11) is 1.65. The minimum absolute atomic E-state index is 0.183. The number of nitrogens with zero attached hydrogens (tertiary/aromatic N) is 3. The van der Waals surface area contributed by atoms with Gasteiger partial charge in [0.15, 0.2) is 0 Å². The summed E-state index contributed by atoms with van der Waals surface area (Å²) in [6.07, 6.45) is 3.37. The van der Waals surface area contributed by atoms with Gasteiger partial charge in [-0.1, -0.05) is 18.2 Å². The molecule has 0 unspecified atom stereocenters. The summed E-state index contributed by atoms with van der Waals surface area (Å²) < 4.78 is 4.97. The lowest BCUT2D eigenvalue weighted by atomic mass is 10.2. The van der Waals surface area contributed by atoms with Crippen molar-refractivity contribution < 1.29 is 9.53 Å². The molecular formula is C17H20N4O2. The minimum atomic E-state index is -0.183. The Hall–Kier alpha value is -2.47. The van der Waals surface area contributed by atoms with Crippen molar-refractivity contribution in [1.29, 1.82) is 0 Å². The quantitative estimate of drug-likeness (QED) is 0.826. The molecule has 1 aromatic carbocycles. The number of anilines is 2. The van der Waals surface area contributed by atoms with Gasteiger partial charge in [-0.05, 0) is 30.5 Å². The van der Waals surface area contributed by atoms with Gasteiger partial charge < -0.3 is 15.0 Å². The highest BCUT2D eigenvalue weighted by Gasteiger charge is 2.22. The molecule has 1 N–H and O–H groups in total. The Labute approximate surface area is 135 Å². The minimum Gasteiger partial charge on any atom is -0.385 e. The van der Waals surface area contributed by atoms with E-state index in [9.17, 15) is 4.79 Å². The largest absolute Gasteiger partial charge is 0.385 e. The van der Waals surface area contributed by atoms with Crippen LogP contribution >= 0.6 is 0 Å². The molecule has 0 bridgehead atoms. The van der Waals surface area contributed by atoms with Gasteiger partial charge in [0.05, 0.1) is 0 Å². The van der Waals surface area contributed by atoms with Crippen LogP contribution in [0.1, 0.15) is 22.5 Å². The second-order valence-corrected chi connectivity index (χ2v) is 5.37. The average molecular weight is 312 g/mol. The number of hydrogen-bond donors (Lipinski definition) is 1. The van der Waals surface area contributed by atoms with E-state index in [0.717, 1.165) is 25.1 Å². The van der Waals surface area contributed by atoms with Gasteiger partial charge in [-0.2, -0.15) is 0 Å². The zero-order valence-corrected chi connectivity index (χ0v) is 13.2. The number of para-hydroxylation sites is 1. The molecule has 6 nitrogen and oxygen atoms in total. The summed E-state index contributed by atoms with van der Waals surface area (Å²) >= 11 is 0. The standard InChI is InChI=1S/C17H20N4O2/c1-23-12-4-9-18-16(22)14-7-10-19-17(20-14)21-11-8-13-5-2-3-6-15(13)21/h2-3,5-7,10H,4,8-9,11-12H2,1H3,(H,18,22). The van der Waals surface area contributed by atoms with Crippen LogP contribution in [0.2, 0.25) is 0 Å². The van der Waals surface area contributed by atoms with Crippen molar-refractivity contribution in [2.45, 2.75) is 12.8 Å². The maximum atomic E-state index is 12.2. The molecule has 2 aromatic rings. The van der Waals surface area contributed by atoms with E-state index in [1.54, 1.807) is 19.4 Å². The maximum Gasteiger partial charge on any atom is 0.270 e. The van der Waals surface area contributed by atoms with Crippen LogP contribution in [-0.4, -0.2) is 42.7 Å². The number of amides is 1. The predicted molar refractivity (Wildman–Crippen MR) is 88.0 cm³/mol. The molecule has 120 valence electrons. The SMILES string of the molecule is COCCCNC(=O)c1ccnc(N2CCc3ccccc32)n1. The molecule has 1 aliphatic heterocycles. The first kappa shape index (κ1) is 15.4. The van der Waals surface area contributed by atoms with E-state index < -0.39 is 0 Å². The maximum absolute atomic E-state index is 12.2. The second kappa shape index (κ2) is 7.19. The third-order valence-corrected chi connectivity index (χ3v) is 3.81. The van der Waals surface area contributed by atoms with Gasteiger partial charge in [0, 0.05) is 38.7 Å². The van der Waals surface area contributed by atoms with Crippen LogP contribution in [0.25, 0.3) is 0 Å². The van der Waals surface area contributed by atoms with E-state index in [1.165, 1.54) is 5.56 Å². The van der Waals surface area contributed by atoms with Gasteiger partial charge in [0.2, 0.25) is 5.95 Å². The van der Waals surface area contributed by atoms with Crippen molar-refractivity contribution in [1.82, 2.24) is 15.3 Å². The summed E-state index contributed by atoms with van der Waals surface area (Å²) in [5.41, 5.74) is 2.78. The fourth-order valence-electron chi connectivity index (χ4n) is 2.66. The lowest BCUT2D eigenvalue weighted by molar-refractivity contribution is 0.0943.